The Hall–Kier alpha value is -4.48. The quantitative estimate of drug-likeness (QED) is 0.302. The van der Waals surface area contributed by atoms with Crippen molar-refractivity contribution in [2.75, 3.05) is 23.5 Å². The predicted molar refractivity (Wildman–Crippen MR) is 161 cm³/mol. The molecule has 0 radical (unpaired) electrons. The van der Waals surface area contributed by atoms with Gasteiger partial charge in [-0.1, -0.05) is 71.9 Å². The zero-order chi connectivity index (χ0) is 28.8. The summed E-state index contributed by atoms with van der Waals surface area (Å²) < 4.78 is 5.40. The predicted octanol–water partition coefficient (Wildman–Crippen LogP) is 6.33. The molecule has 0 aromatic heterocycles. The van der Waals surface area contributed by atoms with Gasteiger partial charge in [-0.3, -0.25) is 9.59 Å². The van der Waals surface area contributed by atoms with Gasteiger partial charge in [0.2, 0.25) is 5.91 Å². The van der Waals surface area contributed by atoms with Crippen molar-refractivity contribution in [3.05, 3.63) is 111 Å². The van der Waals surface area contributed by atoms with Gasteiger partial charge in [-0.05, 0) is 56.5 Å². The first-order valence-electron chi connectivity index (χ1n) is 12.8. The number of nitrogens with zero attached hydrogens (tertiary/aromatic N) is 1. The summed E-state index contributed by atoms with van der Waals surface area (Å²) in [5.41, 5.74) is 6.67. The Kier molecular flexibility index (Phi) is 8.97. The maximum Gasteiger partial charge on any atom is 0.254 e. The summed E-state index contributed by atoms with van der Waals surface area (Å²) in [7, 11) is 1.54. The molecule has 204 valence electrons. The number of carbonyl (C=O) groups excluding carboxylic acids is 2. The van der Waals surface area contributed by atoms with E-state index >= 15 is 0 Å². The van der Waals surface area contributed by atoms with Crippen LogP contribution in [0.2, 0.25) is 0 Å². The molecule has 1 atom stereocenters. The van der Waals surface area contributed by atoms with Crippen molar-refractivity contribution in [2.24, 2.45) is 0 Å². The second-order valence-electron chi connectivity index (χ2n) is 9.63. The van der Waals surface area contributed by atoms with E-state index < -0.39 is 5.92 Å². The van der Waals surface area contributed by atoms with Crippen molar-refractivity contribution in [2.45, 2.75) is 33.6 Å². The van der Waals surface area contributed by atoms with E-state index in [1.807, 2.05) is 75.4 Å². The fourth-order valence-electron chi connectivity index (χ4n) is 4.93. The molecule has 3 N–H and O–H groups in total. The van der Waals surface area contributed by atoms with Crippen LogP contribution in [0.15, 0.2) is 88.6 Å². The minimum Gasteiger partial charge on any atom is -0.495 e. The summed E-state index contributed by atoms with van der Waals surface area (Å²) in [6.07, 6.45) is 0. The number of ether oxygens (including phenoxy) is 1. The van der Waals surface area contributed by atoms with E-state index in [0.717, 1.165) is 27.9 Å². The van der Waals surface area contributed by atoms with Crippen molar-refractivity contribution in [3.8, 4) is 11.8 Å². The van der Waals surface area contributed by atoms with Gasteiger partial charge < -0.3 is 20.7 Å². The van der Waals surface area contributed by atoms with Crippen molar-refractivity contribution in [3.63, 3.8) is 0 Å². The number of carbonyl (C=O) groups is 2. The lowest BCUT2D eigenvalue weighted by molar-refractivity contribution is -0.114. The van der Waals surface area contributed by atoms with E-state index in [2.05, 4.69) is 22.0 Å². The second-order valence-corrected chi connectivity index (χ2v) is 10.6. The smallest absolute Gasteiger partial charge is 0.254 e. The van der Waals surface area contributed by atoms with Crippen molar-refractivity contribution in [1.29, 1.82) is 5.26 Å². The number of aryl methyl sites for hydroxylation is 3. The van der Waals surface area contributed by atoms with Crippen LogP contribution in [0.4, 0.5) is 11.4 Å². The maximum absolute atomic E-state index is 13.7. The van der Waals surface area contributed by atoms with E-state index in [1.165, 1.54) is 11.8 Å². The molecule has 7 nitrogen and oxygen atoms in total. The molecular weight excluding hydrogens is 520 g/mol. The topological polar surface area (TPSA) is 103 Å². The Labute approximate surface area is 239 Å². The number of hydrogen-bond donors (Lipinski definition) is 3. The zero-order valence-electron chi connectivity index (χ0n) is 23.2. The van der Waals surface area contributed by atoms with Gasteiger partial charge in [-0.15, -0.1) is 0 Å². The van der Waals surface area contributed by atoms with Crippen LogP contribution >= 0.6 is 11.8 Å². The molecule has 0 aliphatic carbocycles. The lowest BCUT2D eigenvalue weighted by Gasteiger charge is -2.30. The molecule has 0 spiro atoms. The lowest BCUT2D eigenvalue weighted by Crippen LogP contribution is -2.31. The average molecular weight is 553 g/mol. The highest BCUT2D eigenvalue weighted by Crippen LogP contribution is 2.41. The number of amides is 2. The number of nitrogens with one attached hydrogen (secondary N) is 3. The number of dihydropyridines is 1. The SMILES string of the molecule is COc1ccccc1NC(=O)C1=C(C)NC(SCC(=O)Nc2c(C)cc(C)cc2C)=C(C#N)C1c1ccccc1. The fraction of sp³-hybridized carbons (Fsp3) is 0.219. The zero-order valence-corrected chi connectivity index (χ0v) is 24.0. The maximum atomic E-state index is 13.7. The number of hydrogen-bond acceptors (Lipinski definition) is 6. The average Bonchev–Trinajstić information content (AvgIpc) is 2.94. The molecule has 4 rings (SSSR count). The third-order valence-electron chi connectivity index (χ3n) is 6.67. The highest BCUT2D eigenvalue weighted by Gasteiger charge is 2.35. The number of anilines is 2. The van der Waals surface area contributed by atoms with E-state index in [1.54, 1.807) is 26.2 Å². The van der Waals surface area contributed by atoms with Gasteiger partial charge in [0.05, 0.1) is 41.1 Å². The minimum atomic E-state index is -0.616. The molecule has 1 heterocycles. The van der Waals surface area contributed by atoms with Crippen molar-refractivity contribution < 1.29 is 14.3 Å². The van der Waals surface area contributed by atoms with Gasteiger partial charge >= 0.3 is 0 Å². The van der Waals surface area contributed by atoms with E-state index in [0.29, 0.717) is 33.3 Å². The van der Waals surface area contributed by atoms with Gasteiger partial charge in [0, 0.05) is 17.0 Å². The number of allylic oxidation sites excluding steroid dienone is 2. The van der Waals surface area contributed by atoms with E-state index in [-0.39, 0.29) is 17.6 Å². The fourth-order valence-corrected chi connectivity index (χ4v) is 5.83. The molecule has 3 aromatic rings. The Morgan fingerprint density at radius 1 is 0.975 bits per heavy atom. The summed E-state index contributed by atoms with van der Waals surface area (Å²) in [4.78, 5) is 26.6. The molecule has 0 fully saturated rings. The number of para-hydroxylation sites is 2. The van der Waals surface area contributed by atoms with Crippen LogP contribution in [-0.2, 0) is 9.59 Å². The molecule has 0 bridgehead atoms. The molecule has 1 aliphatic heterocycles. The lowest BCUT2D eigenvalue weighted by atomic mass is 9.82. The standard InChI is InChI=1S/C32H32N4O3S/c1-19-15-20(2)30(21(3)16-19)36-27(37)18-40-32-24(17-33)29(23-11-7-6-8-12-23)28(22(4)34-32)31(38)35-25-13-9-10-14-26(25)39-5/h6-16,29,34H,18H2,1-5H3,(H,35,38)(H,36,37). The van der Waals surface area contributed by atoms with Gasteiger partial charge in [-0.2, -0.15) is 5.26 Å². The summed E-state index contributed by atoms with van der Waals surface area (Å²) >= 11 is 1.25. The molecule has 8 heteroatoms. The van der Waals surface area contributed by atoms with Crippen LogP contribution in [-0.4, -0.2) is 24.7 Å². The van der Waals surface area contributed by atoms with Gasteiger partial charge in [0.25, 0.3) is 5.91 Å². The van der Waals surface area contributed by atoms with E-state index in [4.69, 9.17) is 4.74 Å². The third kappa shape index (κ3) is 6.22. The van der Waals surface area contributed by atoms with Crippen LogP contribution in [0.1, 0.15) is 35.1 Å². The van der Waals surface area contributed by atoms with Gasteiger partial charge in [0.1, 0.15) is 5.75 Å². The molecule has 40 heavy (non-hydrogen) atoms. The van der Waals surface area contributed by atoms with Crippen LogP contribution in [0.25, 0.3) is 0 Å². The Morgan fingerprint density at radius 2 is 1.62 bits per heavy atom. The van der Waals surface area contributed by atoms with Crippen LogP contribution in [0, 0.1) is 32.1 Å². The highest BCUT2D eigenvalue weighted by atomic mass is 32.2. The van der Waals surface area contributed by atoms with Crippen molar-refractivity contribution in [1.82, 2.24) is 5.32 Å². The van der Waals surface area contributed by atoms with Crippen LogP contribution in [0.3, 0.4) is 0 Å². The van der Waals surface area contributed by atoms with Crippen LogP contribution in [0.5, 0.6) is 5.75 Å². The normalized spacial score (nSPS) is 14.8. The third-order valence-corrected chi connectivity index (χ3v) is 7.69. The van der Waals surface area contributed by atoms with Crippen molar-refractivity contribution >= 4 is 35.0 Å². The molecular formula is C32H32N4O3S. The summed E-state index contributed by atoms with van der Waals surface area (Å²) in [5.74, 6) is -0.508. The molecule has 2 amide bonds. The largest absolute Gasteiger partial charge is 0.495 e. The monoisotopic (exact) mass is 552 g/mol. The first kappa shape index (κ1) is 28.5. The summed E-state index contributed by atoms with van der Waals surface area (Å²) in [6, 6.07) is 23.0. The van der Waals surface area contributed by atoms with Gasteiger partial charge in [0.15, 0.2) is 0 Å². The Balaban J connectivity index is 1.62. The summed E-state index contributed by atoms with van der Waals surface area (Å²) in [6.45, 7) is 7.77. The van der Waals surface area contributed by atoms with Gasteiger partial charge in [-0.25, -0.2) is 0 Å². The Morgan fingerprint density at radius 3 is 2.27 bits per heavy atom. The Bertz CT molecular complexity index is 1530. The molecule has 1 unspecified atom stereocenters. The second kappa shape index (κ2) is 12.6. The number of thioether (sulfide) groups is 1. The first-order valence-corrected chi connectivity index (χ1v) is 13.8. The number of benzene rings is 3. The summed E-state index contributed by atoms with van der Waals surface area (Å²) in [5, 5.41) is 20.1. The minimum absolute atomic E-state index is 0.0950. The molecule has 0 saturated carbocycles. The highest BCUT2D eigenvalue weighted by molar-refractivity contribution is 8.03. The number of nitriles is 1. The number of methoxy groups -OCH3 is 1. The molecule has 1 aliphatic rings. The van der Waals surface area contributed by atoms with Crippen LogP contribution < -0.4 is 20.7 Å². The number of rotatable bonds is 8. The molecule has 0 saturated heterocycles. The first-order chi connectivity index (χ1) is 19.2. The molecule has 3 aromatic carbocycles. The van der Waals surface area contributed by atoms with E-state index in [9.17, 15) is 14.9 Å².